The lowest BCUT2D eigenvalue weighted by Crippen LogP contribution is -2.15. The minimum Gasteiger partial charge on any atom is -0.366 e. The first kappa shape index (κ1) is 16.3. The predicted octanol–water partition coefficient (Wildman–Crippen LogP) is 4.06. The van der Waals surface area contributed by atoms with E-state index in [4.69, 9.17) is 17.3 Å². The molecule has 0 aliphatic carbocycles. The van der Waals surface area contributed by atoms with E-state index in [1.165, 1.54) is 12.1 Å². The Kier molecular flexibility index (Phi) is 5.23. The number of nitrogens with two attached hydrogens (primary N) is 1. The molecule has 0 spiro atoms. The molecule has 0 fully saturated rings. The maximum absolute atomic E-state index is 12.2. The van der Waals surface area contributed by atoms with E-state index in [1.807, 2.05) is 12.1 Å². The van der Waals surface area contributed by atoms with E-state index in [0.29, 0.717) is 11.3 Å². The standard InChI is InChI=1S/C14H9BrClIN2O2/c15-7-1-4-12(17)10(5-7)14(21)19-8-2-3-9(13(18)20)11(16)6-8/h1-6H,(H2,18,20)(H,19,21). The number of primary amides is 1. The van der Waals surface area contributed by atoms with E-state index in [-0.39, 0.29) is 16.5 Å². The Morgan fingerprint density at radius 2 is 1.86 bits per heavy atom. The summed E-state index contributed by atoms with van der Waals surface area (Å²) in [7, 11) is 0. The maximum Gasteiger partial charge on any atom is 0.256 e. The number of nitrogens with one attached hydrogen (secondary N) is 1. The highest BCUT2D eigenvalue weighted by Crippen LogP contribution is 2.23. The number of amides is 2. The van der Waals surface area contributed by atoms with Crippen LogP contribution in [0.2, 0.25) is 5.02 Å². The summed E-state index contributed by atoms with van der Waals surface area (Å²) < 4.78 is 1.64. The Morgan fingerprint density at radius 1 is 1.14 bits per heavy atom. The summed E-state index contributed by atoms with van der Waals surface area (Å²) in [4.78, 5) is 23.3. The van der Waals surface area contributed by atoms with Crippen LogP contribution in [0.4, 0.5) is 5.69 Å². The maximum atomic E-state index is 12.2. The van der Waals surface area contributed by atoms with Crippen LogP contribution < -0.4 is 11.1 Å². The minimum absolute atomic E-state index is 0.198. The van der Waals surface area contributed by atoms with Gasteiger partial charge in [-0.1, -0.05) is 27.5 Å². The topological polar surface area (TPSA) is 72.2 Å². The summed E-state index contributed by atoms with van der Waals surface area (Å²) >= 11 is 11.4. The fourth-order valence-electron chi connectivity index (χ4n) is 1.66. The van der Waals surface area contributed by atoms with Gasteiger partial charge in [0.1, 0.15) is 0 Å². The molecule has 0 saturated carbocycles. The van der Waals surface area contributed by atoms with Gasteiger partial charge in [-0.3, -0.25) is 9.59 Å². The monoisotopic (exact) mass is 478 g/mol. The van der Waals surface area contributed by atoms with E-state index in [2.05, 4.69) is 43.8 Å². The first-order valence-electron chi connectivity index (χ1n) is 5.74. The molecule has 21 heavy (non-hydrogen) atoms. The zero-order valence-electron chi connectivity index (χ0n) is 10.5. The Morgan fingerprint density at radius 3 is 2.48 bits per heavy atom. The molecule has 7 heteroatoms. The van der Waals surface area contributed by atoms with Crippen molar-refractivity contribution in [2.24, 2.45) is 5.73 Å². The minimum atomic E-state index is -0.612. The number of benzene rings is 2. The highest BCUT2D eigenvalue weighted by molar-refractivity contribution is 14.1. The van der Waals surface area contributed by atoms with Gasteiger partial charge in [0.2, 0.25) is 5.91 Å². The van der Waals surface area contributed by atoms with Crippen LogP contribution in [0.3, 0.4) is 0 Å². The molecule has 0 atom stereocenters. The van der Waals surface area contributed by atoms with Crippen LogP contribution in [0.25, 0.3) is 0 Å². The lowest BCUT2D eigenvalue weighted by molar-refractivity contribution is 0.0998. The van der Waals surface area contributed by atoms with Gasteiger partial charge in [0, 0.05) is 13.7 Å². The lowest BCUT2D eigenvalue weighted by Gasteiger charge is -2.09. The second-order valence-corrected chi connectivity index (χ2v) is 6.62. The van der Waals surface area contributed by atoms with Crippen molar-refractivity contribution in [2.75, 3.05) is 5.32 Å². The third kappa shape index (κ3) is 3.96. The third-order valence-electron chi connectivity index (χ3n) is 2.67. The average Bonchev–Trinajstić information content (AvgIpc) is 2.41. The van der Waals surface area contributed by atoms with Crippen molar-refractivity contribution >= 4 is 67.6 Å². The Bertz CT molecular complexity index is 737. The molecule has 2 amide bonds. The second kappa shape index (κ2) is 6.76. The number of hydrogen-bond acceptors (Lipinski definition) is 2. The van der Waals surface area contributed by atoms with Gasteiger partial charge < -0.3 is 11.1 Å². The highest BCUT2D eigenvalue weighted by atomic mass is 127. The largest absolute Gasteiger partial charge is 0.366 e. The first-order valence-corrected chi connectivity index (χ1v) is 7.99. The smallest absolute Gasteiger partial charge is 0.256 e. The highest BCUT2D eigenvalue weighted by Gasteiger charge is 2.12. The molecule has 0 radical (unpaired) electrons. The van der Waals surface area contributed by atoms with E-state index in [9.17, 15) is 9.59 Å². The molecule has 0 unspecified atom stereocenters. The molecule has 0 saturated heterocycles. The van der Waals surface area contributed by atoms with Crippen LogP contribution in [0, 0.1) is 3.57 Å². The van der Waals surface area contributed by atoms with Gasteiger partial charge in [-0.25, -0.2) is 0 Å². The van der Waals surface area contributed by atoms with Crippen molar-refractivity contribution in [1.82, 2.24) is 0 Å². The van der Waals surface area contributed by atoms with Crippen molar-refractivity contribution in [2.45, 2.75) is 0 Å². The fourth-order valence-corrected chi connectivity index (χ4v) is 2.88. The summed E-state index contributed by atoms with van der Waals surface area (Å²) in [6.45, 7) is 0. The van der Waals surface area contributed by atoms with Gasteiger partial charge in [0.05, 0.1) is 16.1 Å². The Hall–Kier alpha value is -1.12. The van der Waals surface area contributed by atoms with E-state index >= 15 is 0 Å². The fraction of sp³-hybridized carbons (Fsp3) is 0. The van der Waals surface area contributed by atoms with E-state index < -0.39 is 5.91 Å². The van der Waals surface area contributed by atoms with Crippen LogP contribution in [0.15, 0.2) is 40.9 Å². The molecular weight excluding hydrogens is 470 g/mol. The number of hydrogen-bond donors (Lipinski definition) is 2. The zero-order chi connectivity index (χ0) is 15.6. The molecule has 4 nitrogen and oxygen atoms in total. The molecule has 0 aliphatic rings. The number of carbonyl (C=O) groups is 2. The van der Waals surface area contributed by atoms with Gasteiger partial charge in [-0.2, -0.15) is 0 Å². The second-order valence-electron chi connectivity index (χ2n) is 4.14. The number of anilines is 1. The molecule has 0 heterocycles. The Balaban J connectivity index is 2.26. The van der Waals surface area contributed by atoms with Gasteiger partial charge in [0.15, 0.2) is 0 Å². The van der Waals surface area contributed by atoms with Gasteiger partial charge >= 0.3 is 0 Å². The Labute approximate surface area is 148 Å². The molecule has 0 aromatic heterocycles. The van der Waals surface area contributed by atoms with Crippen LogP contribution in [-0.2, 0) is 0 Å². The van der Waals surface area contributed by atoms with E-state index in [1.54, 1.807) is 12.1 Å². The van der Waals surface area contributed by atoms with Gasteiger partial charge in [-0.05, 0) is 59.0 Å². The molecular formula is C14H9BrClIN2O2. The molecule has 3 N–H and O–H groups in total. The zero-order valence-corrected chi connectivity index (χ0v) is 15.0. The van der Waals surface area contributed by atoms with Crippen molar-refractivity contribution in [3.8, 4) is 0 Å². The number of carbonyl (C=O) groups excluding carboxylic acids is 2. The van der Waals surface area contributed by atoms with Crippen molar-refractivity contribution in [3.05, 3.63) is 60.6 Å². The predicted molar refractivity (Wildman–Crippen MR) is 94.8 cm³/mol. The van der Waals surface area contributed by atoms with Crippen molar-refractivity contribution in [1.29, 1.82) is 0 Å². The molecule has 0 aliphatic heterocycles. The quantitative estimate of drug-likeness (QED) is 0.652. The van der Waals surface area contributed by atoms with Crippen LogP contribution >= 0.6 is 50.1 Å². The first-order chi connectivity index (χ1) is 9.88. The number of halogens is 3. The third-order valence-corrected chi connectivity index (χ3v) is 4.41. The SMILES string of the molecule is NC(=O)c1ccc(NC(=O)c2cc(Br)ccc2I)cc1Cl. The van der Waals surface area contributed by atoms with Crippen molar-refractivity contribution < 1.29 is 9.59 Å². The molecule has 2 aromatic rings. The van der Waals surface area contributed by atoms with Crippen LogP contribution in [0.1, 0.15) is 20.7 Å². The molecule has 108 valence electrons. The van der Waals surface area contributed by atoms with E-state index in [0.717, 1.165) is 8.04 Å². The average molecular weight is 479 g/mol. The van der Waals surface area contributed by atoms with Gasteiger partial charge in [-0.15, -0.1) is 0 Å². The van der Waals surface area contributed by atoms with Gasteiger partial charge in [0.25, 0.3) is 5.91 Å². The van der Waals surface area contributed by atoms with Crippen LogP contribution in [-0.4, -0.2) is 11.8 Å². The summed E-state index contributed by atoms with van der Waals surface area (Å²) in [5, 5.41) is 2.93. The normalized spacial score (nSPS) is 10.2. The van der Waals surface area contributed by atoms with Crippen molar-refractivity contribution in [3.63, 3.8) is 0 Å². The lowest BCUT2D eigenvalue weighted by atomic mass is 10.1. The summed E-state index contributed by atoms with van der Waals surface area (Å²) in [5.74, 6) is -0.872. The summed E-state index contributed by atoms with van der Waals surface area (Å²) in [6, 6.07) is 9.97. The van der Waals surface area contributed by atoms with Crippen LogP contribution in [0.5, 0.6) is 0 Å². The molecule has 2 aromatic carbocycles. The number of rotatable bonds is 3. The molecule has 0 bridgehead atoms. The summed E-state index contributed by atoms with van der Waals surface area (Å²) in [6.07, 6.45) is 0. The molecule has 2 rings (SSSR count). The summed E-state index contributed by atoms with van der Waals surface area (Å²) in [5.41, 5.74) is 6.42.